The number of aliphatic hydroxyl groups is 1. The van der Waals surface area contributed by atoms with Crippen molar-refractivity contribution in [2.45, 2.75) is 6.10 Å². The molecule has 30 heavy (non-hydrogen) atoms. The van der Waals surface area contributed by atoms with Crippen LogP contribution in [0.1, 0.15) is 11.7 Å². The lowest BCUT2D eigenvalue weighted by molar-refractivity contribution is -0.124. The number of rotatable bonds is 5. The number of amides is 1. The number of pyridine rings is 1. The SMILES string of the molecule is Cn1nc(-c2ccc(F)cc2)c(-c2ccncc2)c1NC(=O)C(O)c1ccccc1. The van der Waals surface area contributed by atoms with E-state index >= 15 is 0 Å². The van der Waals surface area contributed by atoms with E-state index in [2.05, 4.69) is 15.4 Å². The third kappa shape index (κ3) is 3.83. The third-order valence-corrected chi connectivity index (χ3v) is 4.74. The van der Waals surface area contributed by atoms with Crippen molar-refractivity contribution in [2.75, 3.05) is 5.32 Å². The van der Waals surface area contributed by atoms with Gasteiger partial charge < -0.3 is 10.4 Å². The van der Waals surface area contributed by atoms with E-state index in [4.69, 9.17) is 0 Å². The van der Waals surface area contributed by atoms with Gasteiger partial charge in [-0.25, -0.2) is 4.39 Å². The van der Waals surface area contributed by atoms with E-state index in [1.807, 2.05) is 6.07 Å². The number of aryl methyl sites for hydroxylation is 1. The molecule has 0 radical (unpaired) electrons. The Balaban J connectivity index is 1.78. The molecule has 0 fully saturated rings. The summed E-state index contributed by atoms with van der Waals surface area (Å²) in [6.45, 7) is 0. The van der Waals surface area contributed by atoms with Crippen LogP contribution in [0.25, 0.3) is 22.4 Å². The molecule has 0 aliphatic heterocycles. The number of aromatic nitrogens is 3. The molecule has 0 aliphatic carbocycles. The number of benzene rings is 2. The number of anilines is 1. The fourth-order valence-corrected chi connectivity index (χ4v) is 3.24. The largest absolute Gasteiger partial charge is 0.378 e. The van der Waals surface area contributed by atoms with Crippen molar-refractivity contribution in [1.29, 1.82) is 0 Å². The Kier molecular flexibility index (Phi) is 5.36. The Hall–Kier alpha value is -3.84. The van der Waals surface area contributed by atoms with Crippen LogP contribution < -0.4 is 5.32 Å². The molecule has 1 amide bonds. The molecule has 0 saturated heterocycles. The normalized spacial score (nSPS) is 11.8. The van der Waals surface area contributed by atoms with Gasteiger partial charge in [-0.15, -0.1) is 0 Å². The lowest BCUT2D eigenvalue weighted by atomic mass is 10.0. The van der Waals surface area contributed by atoms with E-state index in [1.54, 1.807) is 68.0 Å². The Morgan fingerprint density at radius 2 is 1.67 bits per heavy atom. The number of carbonyl (C=O) groups excluding carboxylic acids is 1. The van der Waals surface area contributed by atoms with Crippen molar-refractivity contribution in [2.24, 2.45) is 7.05 Å². The molecule has 0 aliphatic rings. The Morgan fingerprint density at radius 1 is 1.00 bits per heavy atom. The predicted molar refractivity (Wildman–Crippen MR) is 112 cm³/mol. The molecule has 0 bridgehead atoms. The first-order chi connectivity index (χ1) is 14.5. The van der Waals surface area contributed by atoms with Gasteiger partial charge in [-0.05, 0) is 47.5 Å². The van der Waals surface area contributed by atoms with E-state index in [9.17, 15) is 14.3 Å². The number of nitrogens with zero attached hydrogens (tertiary/aromatic N) is 3. The number of aliphatic hydroxyl groups excluding tert-OH is 1. The van der Waals surface area contributed by atoms with E-state index in [0.717, 1.165) is 5.56 Å². The number of carbonyl (C=O) groups is 1. The fourth-order valence-electron chi connectivity index (χ4n) is 3.24. The standard InChI is InChI=1S/C23H19FN4O2/c1-28-22(26-23(30)21(29)17-5-3-2-4-6-17)19(15-11-13-25-14-12-15)20(27-28)16-7-9-18(24)10-8-16/h2-14,21,29H,1H3,(H,26,30). The zero-order chi connectivity index (χ0) is 21.1. The van der Waals surface area contributed by atoms with Crippen molar-refractivity contribution in [1.82, 2.24) is 14.8 Å². The van der Waals surface area contributed by atoms with Crippen LogP contribution in [0.4, 0.5) is 10.2 Å². The van der Waals surface area contributed by atoms with Gasteiger partial charge in [0.25, 0.3) is 5.91 Å². The lowest BCUT2D eigenvalue weighted by Gasteiger charge is -2.13. The predicted octanol–water partition coefficient (Wildman–Crippen LogP) is 3.96. The summed E-state index contributed by atoms with van der Waals surface area (Å²) in [7, 11) is 1.70. The van der Waals surface area contributed by atoms with E-state index < -0.39 is 12.0 Å². The minimum atomic E-state index is -1.33. The molecule has 2 aromatic heterocycles. The highest BCUT2D eigenvalue weighted by molar-refractivity contribution is 6.00. The van der Waals surface area contributed by atoms with E-state index in [1.165, 1.54) is 16.8 Å². The van der Waals surface area contributed by atoms with Gasteiger partial charge >= 0.3 is 0 Å². The van der Waals surface area contributed by atoms with Crippen LogP contribution in [0.3, 0.4) is 0 Å². The van der Waals surface area contributed by atoms with Crippen LogP contribution in [0.5, 0.6) is 0 Å². The number of hydrogen-bond donors (Lipinski definition) is 2. The summed E-state index contributed by atoms with van der Waals surface area (Å²) in [5.74, 6) is -0.509. The molecule has 0 spiro atoms. The van der Waals surface area contributed by atoms with Gasteiger partial charge in [0.15, 0.2) is 6.10 Å². The molecule has 0 saturated carbocycles. The van der Waals surface area contributed by atoms with Crippen LogP contribution in [0.15, 0.2) is 79.1 Å². The van der Waals surface area contributed by atoms with Gasteiger partial charge in [0.05, 0.1) is 5.56 Å². The smallest absolute Gasteiger partial charge is 0.259 e. The molecule has 150 valence electrons. The monoisotopic (exact) mass is 402 g/mol. The summed E-state index contributed by atoms with van der Waals surface area (Å²) in [6.07, 6.45) is 1.95. The van der Waals surface area contributed by atoms with Crippen LogP contribution in [-0.4, -0.2) is 25.8 Å². The van der Waals surface area contributed by atoms with Crippen LogP contribution in [0, 0.1) is 5.82 Å². The summed E-state index contributed by atoms with van der Waals surface area (Å²) in [6, 6.07) is 18.3. The molecule has 4 rings (SSSR count). The van der Waals surface area contributed by atoms with Crippen LogP contribution in [-0.2, 0) is 11.8 Å². The Labute approximate surface area is 172 Å². The van der Waals surface area contributed by atoms with Gasteiger partial charge in [0.2, 0.25) is 0 Å². The van der Waals surface area contributed by atoms with E-state index in [-0.39, 0.29) is 5.82 Å². The first-order valence-electron chi connectivity index (χ1n) is 9.32. The molecule has 6 nitrogen and oxygen atoms in total. The minimum absolute atomic E-state index is 0.348. The van der Waals surface area contributed by atoms with Crippen molar-refractivity contribution in [3.8, 4) is 22.4 Å². The maximum atomic E-state index is 13.4. The first-order valence-corrected chi connectivity index (χ1v) is 9.32. The Morgan fingerprint density at radius 3 is 2.33 bits per heavy atom. The summed E-state index contributed by atoms with van der Waals surface area (Å²) < 4.78 is 14.9. The molecule has 2 N–H and O–H groups in total. The molecule has 1 unspecified atom stereocenters. The average molecular weight is 402 g/mol. The lowest BCUT2D eigenvalue weighted by Crippen LogP contribution is -2.22. The van der Waals surface area contributed by atoms with Crippen molar-refractivity contribution in [3.63, 3.8) is 0 Å². The molecule has 2 aromatic carbocycles. The summed E-state index contributed by atoms with van der Waals surface area (Å²) in [4.78, 5) is 16.8. The second-order valence-electron chi connectivity index (χ2n) is 6.74. The van der Waals surface area contributed by atoms with Gasteiger partial charge in [-0.1, -0.05) is 30.3 Å². The highest BCUT2D eigenvalue weighted by atomic mass is 19.1. The second kappa shape index (κ2) is 8.26. The number of halogens is 1. The van der Waals surface area contributed by atoms with Gasteiger partial charge in [0.1, 0.15) is 17.3 Å². The second-order valence-corrected chi connectivity index (χ2v) is 6.74. The molecule has 2 heterocycles. The molecular formula is C23H19FN4O2. The Bertz CT molecular complexity index is 1160. The van der Waals surface area contributed by atoms with Crippen molar-refractivity contribution >= 4 is 11.7 Å². The molecular weight excluding hydrogens is 383 g/mol. The summed E-state index contributed by atoms with van der Waals surface area (Å²) in [5.41, 5.74) is 3.19. The molecule has 7 heteroatoms. The van der Waals surface area contributed by atoms with Crippen molar-refractivity contribution < 1.29 is 14.3 Å². The quantitative estimate of drug-likeness (QED) is 0.530. The highest BCUT2D eigenvalue weighted by Crippen LogP contribution is 2.37. The minimum Gasteiger partial charge on any atom is -0.378 e. The van der Waals surface area contributed by atoms with Gasteiger partial charge in [0, 0.05) is 25.0 Å². The van der Waals surface area contributed by atoms with Crippen LogP contribution in [0.2, 0.25) is 0 Å². The van der Waals surface area contributed by atoms with E-state index in [0.29, 0.717) is 28.2 Å². The zero-order valence-electron chi connectivity index (χ0n) is 16.2. The maximum absolute atomic E-state index is 13.4. The number of nitrogens with one attached hydrogen (secondary N) is 1. The maximum Gasteiger partial charge on any atom is 0.259 e. The van der Waals surface area contributed by atoms with Crippen LogP contribution >= 0.6 is 0 Å². The highest BCUT2D eigenvalue weighted by Gasteiger charge is 2.24. The van der Waals surface area contributed by atoms with Gasteiger partial charge in [-0.2, -0.15) is 5.10 Å². The fraction of sp³-hybridized carbons (Fsp3) is 0.0870. The first kappa shape index (κ1) is 19.5. The molecule has 1 atom stereocenters. The molecule has 4 aromatic rings. The average Bonchev–Trinajstić information content (AvgIpc) is 3.10. The third-order valence-electron chi connectivity index (χ3n) is 4.74. The van der Waals surface area contributed by atoms with Gasteiger partial charge in [-0.3, -0.25) is 14.5 Å². The summed E-state index contributed by atoms with van der Waals surface area (Å²) >= 11 is 0. The topological polar surface area (TPSA) is 80.0 Å². The van der Waals surface area contributed by atoms with Crippen molar-refractivity contribution in [3.05, 3.63) is 90.5 Å². The zero-order valence-corrected chi connectivity index (χ0v) is 16.2. The number of hydrogen-bond acceptors (Lipinski definition) is 4. The summed E-state index contributed by atoms with van der Waals surface area (Å²) in [5, 5.41) is 17.8.